The van der Waals surface area contributed by atoms with Crippen molar-refractivity contribution in [3.63, 3.8) is 0 Å². The molecule has 1 saturated heterocycles. The van der Waals surface area contributed by atoms with E-state index in [9.17, 15) is 0 Å². The van der Waals surface area contributed by atoms with Crippen molar-refractivity contribution in [1.29, 1.82) is 0 Å². The topological polar surface area (TPSA) is 54.7 Å². The largest absolute Gasteiger partial charge is 0.370 e. The van der Waals surface area contributed by atoms with Crippen LogP contribution in [0.15, 0.2) is 28.8 Å². The molecule has 0 spiro atoms. The maximum Gasteiger partial charge on any atom is 0.194 e. The van der Waals surface area contributed by atoms with E-state index < -0.39 is 0 Å². The van der Waals surface area contributed by atoms with E-state index in [4.69, 9.17) is 9.73 Å². The van der Waals surface area contributed by atoms with Gasteiger partial charge in [0.15, 0.2) is 5.96 Å². The molecule has 3 heterocycles. The number of hydrogen-bond donors (Lipinski definition) is 1. The van der Waals surface area contributed by atoms with Crippen LogP contribution in [0.1, 0.15) is 29.0 Å². The lowest BCUT2D eigenvalue weighted by Gasteiger charge is -2.34. The summed E-state index contributed by atoms with van der Waals surface area (Å²) in [5.41, 5.74) is 2.43. The maximum atomic E-state index is 5.93. The second kappa shape index (κ2) is 9.54. The average molecular weight is 475 g/mol. The molecule has 0 amide bonds. The number of guanidine groups is 1. The Kier molecular flexibility index (Phi) is 7.70. The number of aliphatic imine (C=N–C) groups is 1. The number of morpholine rings is 1. The quantitative estimate of drug-likeness (QED) is 0.420. The molecule has 8 heteroatoms. The fourth-order valence-corrected chi connectivity index (χ4v) is 3.62. The first-order valence-corrected chi connectivity index (χ1v) is 9.21. The summed E-state index contributed by atoms with van der Waals surface area (Å²) in [7, 11) is 1.93. The van der Waals surface area contributed by atoms with Crippen molar-refractivity contribution in [3.05, 3.63) is 39.8 Å². The number of aromatic nitrogens is 2. The predicted molar refractivity (Wildman–Crippen MR) is 113 cm³/mol. The lowest BCUT2D eigenvalue weighted by molar-refractivity contribution is -0.00805. The molecule has 1 unspecified atom stereocenters. The zero-order valence-corrected chi connectivity index (χ0v) is 18.1. The number of halogens is 1. The summed E-state index contributed by atoms with van der Waals surface area (Å²) in [4.78, 5) is 8.45. The van der Waals surface area contributed by atoms with Crippen LogP contribution >= 0.6 is 35.3 Å². The smallest absolute Gasteiger partial charge is 0.194 e. The van der Waals surface area contributed by atoms with E-state index in [1.165, 1.54) is 10.4 Å². The molecule has 0 bridgehead atoms. The Labute approximate surface area is 170 Å². The minimum Gasteiger partial charge on any atom is -0.370 e. The average Bonchev–Trinajstić information content (AvgIpc) is 3.20. The van der Waals surface area contributed by atoms with Crippen LogP contribution in [0.25, 0.3) is 0 Å². The van der Waals surface area contributed by atoms with Gasteiger partial charge in [-0.3, -0.25) is 4.68 Å². The highest BCUT2D eigenvalue weighted by molar-refractivity contribution is 14.0. The highest BCUT2D eigenvalue weighted by Gasteiger charge is 2.25. The maximum absolute atomic E-state index is 5.93. The number of aryl methyl sites for hydroxylation is 2. The Morgan fingerprint density at radius 1 is 1.52 bits per heavy atom. The van der Waals surface area contributed by atoms with Gasteiger partial charge in [-0.2, -0.15) is 5.10 Å². The molecule has 3 rings (SSSR count). The van der Waals surface area contributed by atoms with Crippen LogP contribution in [0.2, 0.25) is 0 Å². The predicted octanol–water partition coefficient (Wildman–Crippen LogP) is 2.95. The molecular weight excluding hydrogens is 449 g/mol. The molecule has 6 nitrogen and oxygen atoms in total. The SMILES string of the molecule is CCNC(=NCc1sccc1C)N1CCOC(c2cnn(C)c2)C1.I. The van der Waals surface area contributed by atoms with Gasteiger partial charge in [0, 0.05) is 36.8 Å². The Morgan fingerprint density at radius 3 is 3.00 bits per heavy atom. The van der Waals surface area contributed by atoms with E-state index in [0.717, 1.165) is 37.7 Å². The number of nitrogens with one attached hydrogen (secondary N) is 1. The van der Waals surface area contributed by atoms with Crippen molar-refractivity contribution >= 4 is 41.3 Å². The van der Waals surface area contributed by atoms with Crippen LogP contribution < -0.4 is 5.32 Å². The Hall–Kier alpha value is -1.13. The van der Waals surface area contributed by atoms with Crippen LogP contribution in [0.4, 0.5) is 0 Å². The third kappa shape index (κ3) is 5.18. The zero-order chi connectivity index (χ0) is 16.9. The van der Waals surface area contributed by atoms with E-state index in [-0.39, 0.29) is 30.1 Å². The first kappa shape index (κ1) is 20.2. The second-order valence-corrected chi connectivity index (χ2v) is 6.95. The van der Waals surface area contributed by atoms with Crippen molar-refractivity contribution in [1.82, 2.24) is 20.0 Å². The lowest BCUT2D eigenvalue weighted by Crippen LogP contribution is -2.48. The number of hydrogen-bond acceptors (Lipinski definition) is 4. The molecule has 1 atom stereocenters. The summed E-state index contributed by atoms with van der Waals surface area (Å²) in [6, 6.07) is 2.15. The van der Waals surface area contributed by atoms with Crippen molar-refractivity contribution in [2.24, 2.45) is 12.0 Å². The van der Waals surface area contributed by atoms with Gasteiger partial charge in [0.25, 0.3) is 0 Å². The summed E-state index contributed by atoms with van der Waals surface area (Å²) in [5, 5.41) is 9.79. The third-order valence-electron chi connectivity index (χ3n) is 4.14. The van der Waals surface area contributed by atoms with Gasteiger partial charge < -0.3 is 15.0 Å². The van der Waals surface area contributed by atoms with E-state index >= 15 is 0 Å². The van der Waals surface area contributed by atoms with Crippen LogP contribution in [-0.2, 0) is 18.3 Å². The van der Waals surface area contributed by atoms with Crippen LogP contribution in [0.3, 0.4) is 0 Å². The summed E-state index contributed by atoms with van der Waals surface area (Å²) in [6.45, 7) is 8.17. The van der Waals surface area contributed by atoms with E-state index in [1.807, 2.05) is 24.1 Å². The fraction of sp³-hybridized carbons (Fsp3) is 0.529. The van der Waals surface area contributed by atoms with Crippen LogP contribution in [0, 0.1) is 6.92 Å². The molecule has 0 aromatic carbocycles. The van der Waals surface area contributed by atoms with Gasteiger partial charge in [-0.15, -0.1) is 35.3 Å². The summed E-state index contributed by atoms with van der Waals surface area (Å²) in [5.74, 6) is 0.961. The molecule has 1 N–H and O–H groups in total. The molecule has 138 valence electrons. The number of thiophene rings is 1. The van der Waals surface area contributed by atoms with Gasteiger partial charge in [-0.25, -0.2) is 4.99 Å². The number of nitrogens with zero attached hydrogens (tertiary/aromatic N) is 4. The van der Waals surface area contributed by atoms with Crippen molar-refractivity contribution in [2.75, 3.05) is 26.2 Å². The standard InChI is InChI=1S/C17H25N5OS.HI/c1-4-18-17(19-10-16-13(2)5-8-24-16)22-6-7-23-15(12-22)14-9-20-21(3)11-14;/h5,8-9,11,15H,4,6-7,10,12H2,1-3H3,(H,18,19);1H. The van der Waals surface area contributed by atoms with Crippen molar-refractivity contribution in [3.8, 4) is 0 Å². The third-order valence-corrected chi connectivity index (χ3v) is 5.15. The van der Waals surface area contributed by atoms with Gasteiger partial charge in [0.05, 0.1) is 25.9 Å². The Balaban J connectivity index is 0.00000225. The van der Waals surface area contributed by atoms with Crippen LogP contribution in [0.5, 0.6) is 0 Å². The molecule has 2 aromatic heterocycles. The van der Waals surface area contributed by atoms with Gasteiger partial charge in [-0.1, -0.05) is 0 Å². The highest BCUT2D eigenvalue weighted by Crippen LogP contribution is 2.22. The molecule has 2 aromatic rings. The molecule has 0 saturated carbocycles. The van der Waals surface area contributed by atoms with E-state index in [2.05, 4.69) is 40.6 Å². The molecule has 1 aliphatic rings. The first-order chi connectivity index (χ1) is 11.7. The number of ether oxygens (including phenoxy) is 1. The molecule has 0 aliphatic carbocycles. The van der Waals surface area contributed by atoms with Gasteiger partial charge in [0.2, 0.25) is 0 Å². The first-order valence-electron chi connectivity index (χ1n) is 8.33. The Bertz CT molecular complexity index is 699. The van der Waals surface area contributed by atoms with E-state index in [0.29, 0.717) is 6.61 Å². The normalized spacial score (nSPS) is 18.1. The summed E-state index contributed by atoms with van der Waals surface area (Å²) < 4.78 is 7.75. The monoisotopic (exact) mass is 475 g/mol. The molecule has 1 fully saturated rings. The van der Waals surface area contributed by atoms with Gasteiger partial charge in [-0.05, 0) is 30.9 Å². The van der Waals surface area contributed by atoms with Crippen molar-refractivity contribution < 1.29 is 4.74 Å². The second-order valence-electron chi connectivity index (χ2n) is 5.95. The lowest BCUT2D eigenvalue weighted by atomic mass is 10.1. The fourth-order valence-electron chi connectivity index (χ4n) is 2.79. The molecule has 0 radical (unpaired) electrons. The van der Waals surface area contributed by atoms with Crippen LogP contribution in [-0.4, -0.2) is 46.9 Å². The van der Waals surface area contributed by atoms with Gasteiger partial charge >= 0.3 is 0 Å². The molecule has 1 aliphatic heterocycles. The Morgan fingerprint density at radius 2 is 2.36 bits per heavy atom. The minimum atomic E-state index is 0. The summed E-state index contributed by atoms with van der Waals surface area (Å²) >= 11 is 1.77. The summed E-state index contributed by atoms with van der Waals surface area (Å²) in [6.07, 6.45) is 3.94. The number of rotatable bonds is 4. The highest BCUT2D eigenvalue weighted by atomic mass is 127. The van der Waals surface area contributed by atoms with Gasteiger partial charge in [0.1, 0.15) is 6.10 Å². The van der Waals surface area contributed by atoms with E-state index in [1.54, 1.807) is 11.3 Å². The minimum absolute atomic E-state index is 0. The molecule has 25 heavy (non-hydrogen) atoms. The zero-order valence-electron chi connectivity index (χ0n) is 14.9. The molecular formula is C17H26IN5OS. The van der Waals surface area contributed by atoms with Crippen molar-refractivity contribution in [2.45, 2.75) is 26.5 Å².